The first-order valence-corrected chi connectivity index (χ1v) is 22.2. The van der Waals surface area contributed by atoms with Crippen LogP contribution in [0.25, 0.3) is 0 Å². The Balaban J connectivity index is 1.61. The minimum Gasteiger partial charge on any atom is -0.347 e. The summed E-state index contributed by atoms with van der Waals surface area (Å²) in [6.45, 7) is 5.35. The number of nitrogens with zero attached hydrogens (tertiary/aromatic N) is 1. The van der Waals surface area contributed by atoms with Gasteiger partial charge in [-0.3, -0.25) is 0 Å². The topological polar surface area (TPSA) is 21.7 Å². The fraction of sp³-hybridized carbons (Fsp3) is 0.830. The smallest absolute Gasteiger partial charge is 0.168 e. The molecule has 3 nitrogen and oxygen atoms in total. The van der Waals surface area contributed by atoms with Crippen LogP contribution < -0.4 is 0 Å². The van der Waals surface area contributed by atoms with Crippen LogP contribution in [0.4, 0.5) is 0 Å². The molecule has 0 aromatic rings. The van der Waals surface area contributed by atoms with E-state index in [2.05, 4.69) is 81.5 Å². The van der Waals surface area contributed by atoms with Crippen LogP contribution in [0.5, 0.6) is 0 Å². The molecule has 1 heterocycles. The Morgan fingerprint density at radius 1 is 0.540 bits per heavy atom. The van der Waals surface area contributed by atoms with Crippen molar-refractivity contribution < 1.29 is 9.47 Å². The number of allylic oxidation sites excluding steroid dienone is 8. The Morgan fingerprint density at radius 2 is 0.980 bits per heavy atom. The molecule has 0 aromatic carbocycles. The maximum atomic E-state index is 6.92. The molecule has 50 heavy (non-hydrogen) atoms. The van der Waals surface area contributed by atoms with E-state index >= 15 is 0 Å². The summed E-state index contributed by atoms with van der Waals surface area (Å²) in [6.07, 6.45) is 57.7. The largest absolute Gasteiger partial charge is 0.347 e. The van der Waals surface area contributed by atoms with Crippen molar-refractivity contribution in [3.8, 4) is 0 Å². The van der Waals surface area contributed by atoms with Gasteiger partial charge in [0.2, 0.25) is 0 Å². The number of rotatable bonds is 33. The van der Waals surface area contributed by atoms with Crippen LogP contribution in [0.1, 0.15) is 206 Å². The van der Waals surface area contributed by atoms with Gasteiger partial charge in [-0.1, -0.05) is 146 Å². The van der Waals surface area contributed by atoms with E-state index in [4.69, 9.17) is 9.47 Å². The normalized spacial score (nSPS) is 21.1. The quantitative estimate of drug-likeness (QED) is 0.0504. The van der Waals surface area contributed by atoms with Crippen LogP contribution >= 0.6 is 0 Å². The van der Waals surface area contributed by atoms with Gasteiger partial charge in [-0.25, -0.2) is 0 Å². The van der Waals surface area contributed by atoms with Crippen molar-refractivity contribution in [2.75, 3.05) is 20.7 Å². The van der Waals surface area contributed by atoms with E-state index < -0.39 is 0 Å². The molecule has 290 valence electrons. The van der Waals surface area contributed by atoms with Gasteiger partial charge in [0.05, 0.1) is 12.7 Å². The fourth-order valence-corrected chi connectivity index (χ4v) is 8.19. The molecule has 2 fully saturated rings. The molecule has 3 heteroatoms. The minimum atomic E-state index is -0.318. The maximum Gasteiger partial charge on any atom is 0.168 e. The van der Waals surface area contributed by atoms with E-state index in [0.717, 1.165) is 38.2 Å². The van der Waals surface area contributed by atoms with E-state index in [0.29, 0.717) is 6.04 Å². The van der Waals surface area contributed by atoms with E-state index in [9.17, 15) is 0 Å². The van der Waals surface area contributed by atoms with Crippen molar-refractivity contribution in [3.63, 3.8) is 0 Å². The number of hydrogen-bond acceptors (Lipinski definition) is 3. The van der Waals surface area contributed by atoms with Crippen LogP contribution in [0.3, 0.4) is 0 Å². The first kappa shape index (κ1) is 45.0. The van der Waals surface area contributed by atoms with Crippen molar-refractivity contribution in [3.05, 3.63) is 48.6 Å². The maximum absolute atomic E-state index is 6.92. The van der Waals surface area contributed by atoms with Crippen LogP contribution in [-0.4, -0.2) is 43.5 Å². The molecular weight excluding hydrogens is 611 g/mol. The van der Waals surface area contributed by atoms with E-state index in [1.54, 1.807) is 0 Å². The average molecular weight is 696 g/mol. The highest BCUT2D eigenvalue weighted by Gasteiger charge is 2.42. The lowest BCUT2D eigenvalue weighted by Crippen LogP contribution is -2.35. The van der Waals surface area contributed by atoms with Crippen molar-refractivity contribution in [1.29, 1.82) is 0 Å². The summed E-state index contributed by atoms with van der Waals surface area (Å²) in [4.78, 5) is 2.45. The molecule has 0 bridgehead atoms. The molecule has 1 saturated heterocycles. The van der Waals surface area contributed by atoms with Gasteiger partial charge in [-0.15, -0.1) is 0 Å². The zero-order chi connectivity index (χ0) is 35.8. The van der Waals surface area contributed by atoms with Gasteiger partial charge in [0.1, 0.15) is 0 Å². The number of hydrogen-bond donors (Lipinski definition) is 0. The highest BCUT2D eigenvalue weighted by molar-refractivity contribution is 4.94. The molecule has 1 aliphatic heterocycles. The summed E-state index contributed by atoms with van der Waals surface area (Å²) in [5.74, 6) is 0.444. The van der Waals surface area contributed by atoms with Gasteiger partial charge in [-0.05, 0) is 116 Å². The highest BCUT2D eigenvalue weighted by atomic mass is 16.7. The minimum absolute atomic E-state index is 0.287. The predicted octanol–water partition coefficient (Wildman–Crippen LogP) is 14.6. The van der Waals surface area contributed by atoms with Gasteiger partial charge in [0.25, 0.3) is 0 Å². The number of unbranched alkanes of at least 4 members (excludes halogenated alkanes) is 18. The summed E-state index contributed by atoms with van der Waals surface area (Å²) in [7, 11) is 4.52. The Morgan fingerprint density at radius 3 is 1.44 bits per heavy atom. The molecule has 3 atom stereocenters. The zero-order valence-electron chi connectivity index (χ0n) is 34.0. The third kappa shape index (κ3) is 22.7. The van der Waals surface area contributed by atoms with Gasteiger partial charge in [-0.2, -0.15) is 0 Å². The lowest BCUT2D eigenvalue weighted by Gasteiger charge is -2.30. The van der Waals surface area contributed by atoms with Gasteiger partial charge in [0, 0.05) is 18.9 Å². The first-order chi connectivity index (χ1) is 24.6. The average Bonchev–Trinajstić information content (AvgIpc) is 3.75. The number of ether oxygens (including phenoxy) is 2. The highest BCUT2D eigenvalue weighted by Crippen LogP contribution is 2.39. The lowest BCUT2D eigenvalue weighted by atomic mass is 9.95. The van der Waals surface area contributed by atoms with Crippen molar-refractivity contribution >= 4 is 0 Å². The Kier molecular flexibility index (Phi) is 28.2. The third-order valence-electron chi connectivity index (χ3n) is 11.3. The summed E-state index contributed by atoms with van der Waals surface area (Å²) < 4.78 is 13.6. The molecule has 2 rings (SSSR count). The molecule has 1 aliphatic carbocycles. The molecule has 3 unspecified atom stereocenters. The Hall–Kier alpha value is -1.16. The predicted molar refractivity (Wildman–Crippen MR) is 221 cm³/mol. The molecule has 2 aliphatic rings. The first-order valence-electron chi connectivity index (χ1n) is 22.2. The van der Waals surface area contributed by atoms with Crippen molar-refractivity contribution in [2.45, 2.75) is 224 Å². The lowest BCUT2D eigenvalue weighted by molar-refractivity contribution is -0.181. The summed E-state index contributed by atoms with van der Waals surface area (Å²) in [5, 5.41) is 0. The van der Waals surface area contributed by atoms with Crippen LogP contribution in [0.2, 0.25) is 0 Å². The van der Waals surface area contributed by atoms with E-state index in [1.807, 2.05) is 0 Å². The third-order valence-corrected chi connectivity index (χ3v) is 11.3. The van der Waals surface area contributed by atoms with Crippen molar-refractivity contribution in [1.82, 2.24) is 4.90 Å². The van der Waals surface area contributed by atoms with E-state index in [-0.39, 0.29) is 11.9 Å². The second-order valence-electron chi connectivity index (χ2n) is 16.1. The second-order valence-corrected chi connectivity index (χ2v) is 16.1. The fourth-order valence-electron chi connectivity index (χ4n) is 8.19. The van der Waals surface area contributed by atoms with E-state index in [1.165, 1.54) is 167 Å². The summed E-state index contributed by atoms with van der Waals surface area (Å²) in [5.41, 5.74) is 0. The van der Waals surface area contributed by atoms with Gasteiger partial charge >= 0.3 is 0 Å². The SMILES string of the molecule is CCCCC/C=C\C/C=C\CCCCCCCCC1(CCCCCCCC/C=C\C/C=C\CCCCC)OCC(CC2CCCC2N(C)C)O1. The standard InChI is InChI=1S/C47H85NO2/c1-5-7-9-11-13-15-17-19-21-23-25-27-29-31-33-35-40-47(49-43-45(50-47)42-44-38-37-39-46(44)48(3)4)41-36-34-32-30-28-26-24-22-20-18-16-14-12-10-8-6-2/h13-16,19-22,44-46H,5-12,17-18,23-43H2,1-4H3/b15-13-,16-14-,21-19-,22-20-. The van der Waals surface area contributed by atoms with Crippen LogP contribution in [-0.2, 0) is 9.47 Å². The molecule has 0 spiro atoms. The monoisotopic (exact) mass is 696 g/mol. The van der Waals surface area contributed by atoms with Crippen molar-refractivity contribution in [2.24, 2.45) is 5.92 Å². The summed E-state index contributed by atoms with van der Waals surface area (Å²) in [6, 6.07) is 0.717. The molecule has 0 aromatic heterocycles. The molecular formula is C47H85NO2. The zero-order valence-corrected chi connectivity index (χ0v) is 34.0. The summed E-state index contributed by atoms with van der Waals surface area (Å²) >= 11 is 0. The molecule has 0 N–H and O–H groups in total. The molecule has 0 radical (unpaired) electrons. The van der Waals surface area contributed by atoms with Crippen LogP contribution in [0, 0.1) is 5.92 Å². The second kappa shape index (κ2) is 31.4. The molecule has 0 amide bonds. The van der Waals surface area contributed by atoms with Gasteiger partial charge in [0.15, 0.2) is 5.79 Å². The Bertz CT molecular complexity index is 824. The molecule has 1 saturated carbocycles. The Labute approximate surface area is 313 Å². The van der Waals surface area contributed by atoms with Gasteiger partial charge < -0.3 is 14.4 Å². The van der Waals surface area contributed by atoms with Crippen LogP contribution in [0.15, 0.2) is 48.6 Å².